The predicted octanol–water partition coefficient (Wildman–Crippen LogP) is 4.20. The summed E-state index contributed by atoms with van der Waals surface area (Å²) in [6, 6.07) is 15.7. The highest BCUT2D eigenvalue weighted by atomic mass is 32.2. The molecule has 0 aliphatic carbocycles. The third kappa shape index (κ3) is 4.74. The molecule has 0 fully saturated rings. The quantitative estimate of drug-likeness (QED) is 0.597. The summed E-state index contributed by atoms with van der Waals surface area (Å²) in [6.45, 7) is 4.93. The van der Waals surface area contributed by atoms with Gasteiger partial charge in [-0.05, 0) is 31.5 Å². The molecule has 1 atom stereocenters. The van der Waals surface area contributed by atoms with Gasteiger partial charge >= 0.3 is 0 Å². The fourth-order valence-electron chi connectivity index (χ4n) is 3.07. The van der Waals surface area contributed by atoms with Gasteiger partial charge in [-0.15, -0.1) is 0 Å². The Morgan fingerprint density at radius 1 is 1.17 bits per heavy atom. The monoisotopic (exact) mass is 409 g/mol. The highest BCUT2D eigenvalue weighted by molar-refractivity contribution is 8.00. The number of nitrogens with one attached hydrogen (secondary N) is 2. The molecule has 4 rings (SSSR count). The molecule has 0 unspecified atom stereocenters. The highest BCUT2D eigenvalue weighted by Crippen LogP contribution is 2.33. The van der Waals surface area contributed by atoms with Gasteiger partial charge in [0, 0.05) is 23.9 Å². The second kappa shape index (κ2) is 8.61. The van der Waals surface area contributed by atoms with E-state index >= 15 is 0 Å². The standard InChI is InChI=1S/C22H23N3O3S/c1-14-18(12-16-6-4-3-5-7-16)25-22(23-14)29-15(2)21(26)24-17-8-9-19-20(13-17)28-11-10-27-19/h3-9,13,15H,10-12H2,1-2H3,(H,23,25)(H,24,26)/t15-/m1/s1. The second-order valence-electron chi connectivity index (χ2n) is 6.88. The number of fused-ring (bicyclic) bond motifs is 1. The van der Waals surface area contributed by atoms with Gasteiger partial charge in [0.25, 0.3) is 0 Å². The zero-order chi connectivity index (χ0) is 20.2. The van der Waals surface area contributed by atoms with Crippen molar-refractivity contribution in [3.63, 3.8) is 0 Å². The van der Waals surface area contributed by atoms with Gasteiger partial charge in [0.1, 0.15) is 13.2 Å². The van der Waals surface area contributed by atoms with Gasteiger partial charge in [0.15, 0.2) is 16.7 Å². The minimum Gasteiger partial charge on any atom is -0.486 e. The van der Waals surface area contributed by atoms with Crippen LogP contribution in [-0.2, 0) is 11.2 Å². The number of nitrogens with zero attached hydrogens (tertiary/aromatic N) is 1. The van der Waals surface area contributed by atoms with Crippen molar-refractivity contribution < 1.29 is 14.3 Å². The van der Waals surface area contributed by atoms with E-state index in [1.807, 2.05) is 44.2 Å². The number of rotatable bonds is 6. The van der Waals surface area contributed by atoms with E-state index in [0.717, 1.165) is 23.0 Å². The van der Waals surface area contributed by atoms with Crippen molar-refractivity contribution in [2.45, 2.75) is 30.7 Å². The summed E-state index contributed by atoms with van der Waals surface area (Å²) in [5.74, 6) is 1.26. The molecule has 29 heavy (non-hydrogen) atoms. The predicted molar refractivity (Wildman–Crippen MR) is 114 cm³/mol. The summed E-state index contributed by atoms with van der Waals surface area (Å²) in [5.41, 5.74) is 3.92. The van der Waals surface area contributed by atoms with Crippen LogP contribution in [0.15, 0.2) is 53.7 Å². The maximum atomic E-state index is 12.6. The average molecular weight is 410 g/mol. The number of aromatic amines is 1. The zero-order valence-corrected chi connectivity index (χ0v) is 17.2. The Morgan fingerprint density at radius 2 is 1.93 bits per heavy atom. The zero-order valence-electron chi connectivity index (χ0n) is 16.4. The summed E-state index contributed by atoms with van der Waals surface area (Å²) >= 11 is 1.41. The molecule has 150 valence electrons. The number of H-pyrrole nitrogens is 1. The fourth-order valence-corrected chi connectivity index (χ4v) is 3.95. The van der Waals surface area contributed by atoms with E-state index in [-0.39, 0.29) is 11.2 Å². The Bertz CT molecular complexity index is 1000. The Hall–Kier alpha value is -2.93. The van der Waals surface area contributed by atoms with Crippen molar-refractivity contribution in [2.24, 2.45) is 0 Å². The van der Waals surface area contributed by atoms with Gasteiger partial charge in [-0.1, -0.05) is 42.1 Å². The largest absolute Gasteiger partial charge is 0.486 e. The Morgan fingerprint density at radius 3 is 2.72 bits per heavy atom. The van der Waals surface area contributed by atoms with Crippen LogP contribution in [-0.4, -0.2) is 34.3 Å². The average Bonchev–Trinajstić information content (AvgIpc) is 3.07. The summed E-state index contributed by atoms with van der Waals surface area (Å²) < 4.78 is 11.1. The van der Waals surface area contributed by atoms with Gasteiger partial charge in [-0.25, -0.2) is 4.98 Å². The van der Waals surface area contributed by atoms with Gasteiger partial charge in [-0.3, -0.25) is 4.79 Å². The Kier molecular flexibility index (Phi) is 5.76. The first-order chi connectivity index (χ1) is 14.1. The van der Waals surface area contributed by atoms with Gasteiger partial charge in [-0.2, -0.15) is 0 Å². The lowest BCUT2D eigenvalue weighted by atomic mass is 10.1. The number of ether oxygens (including phenoxy) is 2. The van der Waals surface area contributed by atoms with Crippen LogP contribution in [0.25, 0.3) is 0 Å². The third-order valence-corrected chi connectivity index (χ3v) is 5.63. The minimum atomic E-state index is -0.307. The van der Waals surface area contributed by atoms with Crippen molar-refractivity contribution in [3.8, 4) is 11.5 Å². The lowest BCUT2D eigenvalue weighted by Gasteiger charge is -2.19. The van der Waals surface area contributed by atoms with Gasteiger partial charge < -0.3 is 19.8 Å². The molecule has 0 bridgehead atoms. The normalized spacial score (nSPS) is 13.7. The maximum Gasteiger partial charge on any atom is 0.237 e. The molecule has 2 heterocycles. The lowest BCUT2D eigenvalue weighted by molar-refractivity contribution is -0.115. The summed E-state index contributed by atoms with van der Waals surface area (Å²) in [7, 11) is 0. The minimum absolute atomic E-state index is 0.0923. The number of thioether (sulfide) groups is 1. The number of carbonyl (C=O) groups is 1. The molecule has 3 aromatic rings. The first-order valence-corrected chi connectivity index (χ1v) is 10.4. The molecule has 7 heteroatoms. The molecule has 0 radical (unpaired) electrons. The molecule has 0 saturated carbocycles. The second-order valence-corrected chi connectivity index (χ2v) is 8.21. The number of hydrogen-bond acceptors (Lipinski definition) is 5. The number of hydrogen-bond donors (Lipinski definition) is 2. The summed E-state index contributed by atoms with van der Waals surface area (Å²) in [6.07, 6.45) is 0.765. The molecular weight excluding hydrogens is 386 g/mol. The number of carbonyl (C=O) groups excluding carboxylic acids is 1. The van der Waals surface area contributed by atoms with Crippen LogP contribution in [0.2, 0.25) is 0 Å². The molecule has 1 aliphatic rings. The number of anilines is 1. The fraction of sp³-hybridized carbons (Fsp3) is 0.273. The van der Waals surface area contributed by atoms with E-state index in [0.29, 0.717) is 30.4 Å². The van der Waals surface area contributed by atoms with Crippen LogP contribution >= 0.6 is 11.8 Å². The summed E-state index contributed by atoms with van der Waals surface area (Å²) in [4.78, 5) is 20.6. The van der Waals surface area contributed by atoms with Crippen LogP contribution in [0.4, 0.5) is 5.69 Å². The Labute approximate surface area is 174 Å². The molecule has 0 saturated heterocycles. The number of amides is 1. The van der Waals surface area contributed by atoms with Crippen molar-refractivity contribution in [1.29, 1.82) is 0 Å². The first kappa shape index (κ1) is 19.4. The van der Waals surface area contributed by atoms with E-state index < -0.39 is 0 Å². The van der Waals surface area contributed by atoms with Crippen LogP contribution in [0.3, 0.4) is 0 Å². The first-order valence-electron chi connectivity index (χ1n) is 9.55. The van der Waals surface area contributed by atoms with E-state index in [2.05, 4.69) is 27.4 Å². The SMILES string of the molecule is Cc1[nH]c(S[C@H](C)C(=O)Nc2ccc3c(c2)OCCO3)nc1Cc1ccccc1. The molecule has 0 spiro atoms. The summed E-state index contributed by atoms with van der Waals surface area (Å²) in [5, 5.41) is 3.38. The van der Waals surface area contributed by atoms with Crippen LogP contribution in [0.1, 0.15) is 23.9 Å². The topological polar surface area (TPSA) is 76.2 Å². The smallest absolute Gasteiger partial charge is 0.237 e. The Balaban J connectivity index is 1.38. The van der Waals surface area contributed by atoms with Crippen molar-refractivity contribution in [2.75, 3.05) is 18.5 Å². The molecule has 2 aromatic carbocycles. The van der Waals surface area contributed by atoms with E-state index in [1.54, 1.807) is 6.07 Å². The molecular formula is C22H23N3O3S. The van der Waals surface area contributed by atoms with E-state index in [9.17, 15) is 4.79 Å². The van der Waals surface area contributed by atoms with Crippen molar-refractivity contribution in [3.05, 3.63) is 65.5 Å². The number of benzene rings is 2. The molecule has 1 amide bonds. The maximum absolute atomic E-state index is 12.6. The molecule has 1 aliphatic heterocycles. The molecule has 6 nitrogen and oxygen atoms in total. The van der Waals surface area contributed by atoms with Crippen molar-refractivity contribution in [1.82, 2.24) is 9.97 Å². The lowest BCUT2D eigenvalue weighted by Crippen LogP contribution is -2.23. The highest BCUT2D eigenvalue weighted by Gasteiger charge is 2.19. The van der Waals surface area contributed by atoms with Crippen LogP contribution in [0, 0.1) is 6.92 Å². The van der Waals surface area contributed by atoms with Crippen LogP contribution in [0.5, 0.6) is 11.5 Å². The van der Waals surface area contributed by atoms with Gasteiger partial charge in [0.2, 0.25) is 5.91 Å². The van der Waals surface area contributed by atoms with Crippen molar-refractivity contribution >= 4 is 23.4 Å². The molecule has 1 aromatic heterocycles. The van der Waals surface area contributed by atoms with Gasteiger partial charge in [0.05, 0.1) is 10.9 Å². The number of imidazole rings is 1. The molecule has 2 N–H and O–H groups in total. The van der Waals surface area contributed by atoms with E-state index in [1.165, 1.54) is 17.3 Å². The number of aromatic nitrogens is 2. The third-order valence-electron chi connectivity index (χ3n) is 4.65. The number of aryl methyl sites for hydroxylation is 1. The van der Waals surface area contributed by atoms with Crippen LogP contribution < -0.4 is 14.8 Å². The van der Waals surface area contributed by atoms with E-state index in [4.69, 9.17) is 9.47 Å².